The second kappa shape index (κ2) is 2.51. The fraction of sp³-hybridized carbons (Fsp3) is 1.00. The second-order valence-corrected chi connectivity index (χ2v) is 4.04. The first kappa shape index (κ1) is 8.02. The smallest absolute Gasteiger partial charge is 0.0235 e. The topological polar surface area (TPSA) is 29.3 Å². The lowest BCUT2D eigenvalue weighted by atomic mass is 9.93. The summed E-state index contributed by atoms with van der Waals surface area (Å²) < 4.78 is 0. The zero-order valence-corrected chi connectivity index (χ0v) is 7.22. The highest BCUT2D eigenvalue weighted by Crippen LogP contribution is 2.26. The molecule has 0 unspecified atom stereocenters. The molecule has 0 aliphatic carbocycles. The minimum Gasteiger partial charge on any atom is -0.329 e. The van der Waals surface area contributed by atoms with Gasteiger partial charge in [0.2, 0.25) is 0 Å². The third-order valence-corrected chi connectivity index (χ3v) is 2.28. The van der Waals surface area contributed by atoms with Crippen LogP contribution in [0.25, 0.3) is 0 Å². The summed E-state index contributed by atoms with van der Waals surface area (Å²) in [6.45, 7) is 8.78. The van der Waals surface area contributed by atoms with E-state index in [2.05, 4.69) is 25.7 Å². The van der Waals surface area contributed by atoms with Crippen molar-refractivity contribution in [3.8, 4) is 0 Å². The van der Waals surface area contributed by atoms with Crippen molar-refractivity contribution in [2.24, 2.45) is 5.73 Å². The molecule has 0 saturated carbocycles. The summed E-state index contributed by atoms with van der Waals surface area (Å²) in [5, 5.41) is 0. The van der Waals surface area contributed by atoms with Crippen molar-refractivity contribution in [1.82, 2.24) is 4.90 Å². The lowest BCUT2D eigenvalue weighted by Crippen LogP contribution is -2.59. The number of hydrogen-bond acceptors (Lipinski definition) is 2. The van der Waals surface area contributed by atoms with Gasteiger partial charge in [0.15, 0.2) is 0 Å². The first-order valence-corrected chi connectivity index (χ1v) is 4.02. The molecule has 1 saturated heterocycles. The van der Waals surface area contributed by atoms with Crippen molar-refractivity contribution in [2.45, 2.75) is 38.8 Å². The van der Waals surface area contributed by atoms with Gasteiger partial charge in [-0.1, -0.05) is 0 Å². The number of hydrogen-bond donors (Lipinski definition) is 1. The molecule has 1 heterocycles. The average Bonchev–Trinajstić information content (AvgIpc) is 1.57. The van der Waals surface area contributed by atoms with Gasteiger partial charge < -0.3 is 5.73 Å². The Balaban J connectivity index is 2.43. The van der Waals surface area contributed by atoms with Crippen LogP contribution < -0.4 is 5.73 Å². The van der Waals surface area contributed by atoms with Crippen molar-refractivity contribution >= 4 is 0 Å². The molecule has 2 nitrogen and oxygen atoms in total. The number of rotatable bonds is 1. The molecule has 0 aromatic heterocycles. The molecule has 10 heavy (non-hydrogen) atoms. The van der Waals surface area contributed by atoms with Crippen LogP contribution in [0.1, 0.15) is 27.2 Å². The van der Waals surface area contributed by atoms with Crippen molar-refractivity contribution < 1.29 is 0 Å². The van der Waals surface area contributed by atoms with Gasteiger partial charge in [-0.05, 0) is 27.2 Å². The van der Waals surface area contributed by atoms with Crippen LogP contribution in [-0.4, -0.2) is 29.6 Å². The Labute approximate surface area is 63.4 Å². The molecule has 0 aromatic carbocycles. The monoisotopic (exact) mass is 142 g/mol. The Morgan fingerprint density at radius 1 is 1.50 bits per heavy atom. The zero-order chi connectivity index (χ0) is 7.78. The van der Waals surface area contributed by atoms with Crippen molar-refractivity contribution in [3.05, 3.63) is 0 Å². The first-order chi connectivity index (χ1) is 4.55. The van der Waals surface area contributed by atoms with E-state index in [0.29, 0.717) is 11.6 Å². The highest BCUT2D eigenvalue weighted by atomic mass is 15.3. The van der Waals surface area contributed by atoms with Gasteiger partial charge in [-0.15, -0.1) is 0 Å². The Hall–Kier alpha value is -0.0800. The molecule has 1 atom stereocenters. The number of likely N-dealkylation sites (tertiary alicyclic amines) is 1. The predicted octanol–water partition coefficient (Wildman–Crippen LogP) is 0.818. The molecule has 0 amide bonds. The maximum atomic E-state index is 5.58. The molecule has 2 heteroatoms. The number of nitrogens with two attached hydrogens (primary N) is 1. The van der Waals surface area contributed by atoms with Crippen molar-refractivity contribution in [2.75, 3.05) is 13.1 Å². The van der Waals surface area contributed by atoms with Gasteiger partial charge in [0.1, 0.15) is 0 Å². The lowest BCUT2D eigenvalue weighted by molar-refractivity contribution is 0.00685. The maximum absolute atomic E-state index is 5.58. The average molecular weight is 142 g/mol. The van der Waals surface area contributed by atoms with Crippen LogP contribution in [0, 0.1) is 0 Å². The largest absolute Gasteiger partial charge is 0.329 e. The van der Waals surface area contributed by atoms with Crippen LogP contribution in [0.2, 0.25) is 0 Å². The van der Waals surface area contributed by atoms with E-state index in [9.17, 15) is 0 Å². The van der Waals surface area contributed by atoms with Gasteiger partial charge in [0.05, 0.1) is 0 Å². The summed E-state index contributed by atoms with van der Waals surface area (Å²) in [6, 6.07) is 0.653. The highest BCUT2D eigenvalue weighted by molar-refractivity contribution is 4.91. The lowest BCUT2D eigenvalue weighted by Gasteiger charge is -2.49. The molecular weight excluding hydrogens is 124 g/mol. The van der Waals surface area contributed by atoms with Crippen LogP contribution >= 0.6 is 0 Å². The van der Waals surface area contributed by atoms with Crippen LogP contribution in [-0.2, 0) is 0 Å². The third-order valence-electron chi connectivity index (χ3n) is 2.28. The van der Waals surface area contributed by atoms with Gasteiger partial charge >= 0.3 is 0 Å². The molecule has 60 valence electrons. The SMILES string of the molecule is CC(C)(C)N1CC[C@@H]1CN. The summed E-state index contributed by atoms with van der Waals surface area (Å²) in [5.41, 5.74) is 5.90. The summed E-state index contributed by atoms with van der Waals surface area (Å²) in [4.78, 5) is 2.47. The molecule has 0 radical (unpaired) electrons. The van der Waals surface area contributed by atoms with Crippen molar-refractivity contribution in [3.63, 3.8) is 0 Å². The minimum absolute atomic E-state index is 0.322. The van der Waals surface area contributed by atoms with E-state index in [-0.39, 0.29) is 0 Å². The summed E-state index contributed by atoms with van der Waals surface area (Å²) >= 11 is 0. The maximum Gasteiger partial charge on any atom is 0.0235 e. The van der Waals surface area contributed by atoms with Gasteiger partial charge in [0.25, 0.3) is 0 Å². The van der Waals surface area contributed by atoms with Gasteiger partial charge in [-0.3, -0.25) is 4.90 Å². The van der Waals surface area contributed by atoms with E-state index < -0.39 is 0 Å². The van der Waals surface area contributed by atoms with E-state index in [1.807, 2.05) is 0 Å². The molecule has 0 aromatic rings. The summed E-state index contributed by atoms with van der Waals surface area (Å²) in [5.74, 6) is 0. The molecule has 2 N–H and O–H groups in total. The summed E-state index contributed by atoms with van der Waals surface area (Å²) in [6.07, 6.45) is 1.29. The van der Waals surface area contributed by atoms with Gasteiger partial charge in [-0.25, -0.2) is 0 Å². The Morgan fingerprint density at radius 2 is 2.10 bits per heavy atom. The normalized spacial score (nSPS) is 28.2. The van der Waals surface area contributed by atoms with E-state index in [1.54, 1.807) is 0 Å². The third kappa shape index (κ3) is 1.32. The standard InChI is InChI=1S/C8H18N2/c1-8(2,3)10-5-4-7(10)6-9/h7H,4-6,9H2,1-3H3/t7-/m1/s1. The molecule has 0 spiro atoms. The van der Waals surface area contributed by atoms with Crippen LogP contribution in [0.3, 0.4) is 0 Å². The first-order valence-electron chi connectivity index (χ1n) is 4.02. The Morgan fingerprint density at radius 3 is 2.20 bits per heavy atom. The number of nitrogens with zero attached hydrogens (tertiary/aromatic N) is 1. The quantitative estimate of drug-likeness (QED) is 0.587. The molecule has 0 bridgehead atoms. The molecular formula is C8H18N2. The molecule has 1 rings (SSSR count). The zero-order valence-electron chi connectivity index (χ0n) is 7.22. The minimum atomic E-state index is 0.322. The van der Waals surface area contributed by atoms with E-state index >= 15 is 0 Å². The second-order valence-electron chi connectivity index (χ2n) is 4.04. The van der Waals surface area contributed by atoms with Crippen molar-refractivity contribution in [1.29, 1.82) is 0 Å². The Bertz CT molecular complexity index is 113. The van der Waals surface area contributed by atoms with Gasteiger partial charge in [-0.2, -0.15) is 0 Å². The van der Waals surface area contributed by atoms with E-state index in [1.165, 1.54) is 13.0 Å². The predicted molar refractivity (Wildman–Crippen MR) is 43.9 cm³/mol. The van der Waals surface area contributed by atoms with Crippen LogP contribution in [0.4, 0.5) is 0 Å². The Kier molecular flexibility index (Phi) is 2.02. The molecule has 1 fully saturated rings. The fourth-order valence-electron chi connectivity index (χ4n) is 1.57. The molecule has 1 aliphatic heterocycles. The fourth-order valence-corrected chi connectivity index (χ4v) is 1.57. The van der Waals surface area contributed by atoms with Crippen LogP contribution in [0.5, 0.6) is 0 Å². The van der Waals surface area contributed by atoms with E-state index in [0.717, 1.165) is 6.54 Å². The van der Waals surface area contributed by atoms with E-state index in [4.69, 9.17) is 5.73 Å². The highest BCUT2D eigenvalue weighted by Gasteiger charge is 2.34. The van der Waals surface area contributed by atoms with Gasteiger partial charge in [0, 0.05) is 24.7 Å². The summed E-state index contributed by atoms with van der Waals surface area (Å²) in [7, 11) is 0. The van der Waals surface area contributed by atoms with Crippen LogP contribution in [0.15, 0.2) is 0 Å². The molecule has 1 aliphatic rings.